The Labute approximate surface area is 94.1 Å². The first-order chi connectivity index (χ1) is 7.40. The van der Waals surface area contributed by atoms with E-state index in [0.29, 0.717) is 6.61 Å². The van der Waals surface area contributed by atoms with Gasteiger partial charge in [-0.15, -0.1) is 0 Å². The van der Waals surface area contributed by atoms with Crippen molar-refractivity contribution in [2.45, 2.75) is 25.0 Å². The lowest BCUT2D eigenvalue weighted by atomic mass is 10.1. The van der Waals surface area contributed by atoms with Crippen LogP contribution in [0.3, 0.4) is 0 Å². The Bertz CT molecular complexity index is 268. The second-order valence-electron chi connectivity index (χ2n) is 3.59. The summed E-state index contributed by atoms with van der Waals surface area (Å²) in [5, 5.41) is 5.27. The maximum absolute atomic E-state index is 5.90. The van der Waals surface area contributed by atoms with Gasteiger partial charge < -0.3 is 9.47 Å². The van der Waals surface area contributed by atoms with Gasteiger partial charge in [-0.1, -0.05) is 12.2 Å². The molecule has 4 nitrogen and oxygen atoms in total. The number of nitrogens with one attached hydrogen (secondary N) is 1. The van der Waals surface area contributed by atoms with Crippen LogP contribution in [0.1, 0.15) is 12.8 Å². The predicted octanol–water partition coefficient (Wildman–Crippen LogP) is 1.12. The average molecular weight is 228 g/mol. The number of hydrogen-bond acceptors (Lipinski definition) is 5. The topological polar surface area (TPSA) is 56.5 Å². The maximum Gasteiger partial charge on any atom is 0.125 e. The molecule has 1 fully saturated rings. The lowest BCUT2D eigenvalue weighted by molar-refractivity contribution is -0.0996. The standard InChI is InChI=1S/C10H16N2O2S/c11-15-12-6-5-8-7-13-9-3-1-2-4-10(9)14-8/h1-3,8,10,12H,4-7,11H2. The van der Waals surface area contributed by atoms with Crippen molar-refractivity contribution in [3.05, 3.63) is 24.0 Å². The Kier molecular flexibility index (Phi) is 4.08. The summed E-state index contributed by atoms with van der Waals surface area (Å²) < 4.78 is 14.5. The third-order valence-electron chi connectivity index (χ3n) is 2.51. The molecular weight excluding hydrogens is 212 g/mol. The molecule has 1 saturated heterocycles. The van der Waals surface area contributed by atoms with Crippen molar-refractivity contribution in [2.24, 2.45) is 5.14 Å². The molecule has 0 aromatic heterocycles. The third kappa shape index (κ3) is 2.98. The highest BCUT2D eigenvalue weighted by molar-refractivity contribution is 7.95. The second-order valence-corrected chi connectivity index (χ2v) is 4.12. The van der Waals surface area contributed by atoms with E-state index in [0.717, 1.165) is 37.3 Å². The van der Waals surface area contributed by atoms with Gasteiger partial charge in [-0.2, -0.15) is 0 Å². The van der Waals surface area contributed by atoms with E-state index in [2.05, 4.69) is 10.8 Å². The van der Waals surface area contributed by atoms with Crippen molar-refractivity contribution in [1.82, 2.24) is 4.72 Å². The van der Waals surface area contributed by atoms with Crippen molar-refractivity contribution < 1.29 is 9.47 Å². The van der Waals surface area contributed by atoms with Crippen LogP contribution < -0.4 is 9.86 Å². The van der Waals surface area contributed by atoms with Crippen molar-refractivity contribution in [2.75, 3.05) is 13.2 Å². The monoisotopic (exact) mass is 228 g/mol. The van der Waals surface area contributed by atoms with Crippen LogP contribution >= 0.6 is 12.1 Å². The zero-order chi connectivity index (χ0) is 10.5. The van der Waals surface area contributed by atoms with Crippen LogP contribution in [0.5, 0.6) is 0 Å². The molecule has 0 spiro atoms. The van der Waals surface area contributed by atoms with Crippen LogP contribution in [0, 0.1) is 0 Å². The van der Waals surface area contributed by atoms with Crippen molar-refractivity contribution in [1.29, 1.82) is 0 Å². The van der Waals surface area contributed by atoms with E-state index < -0.39 is 0 Å². The van der Waals surface area contributed by atoms with E-state index in [1.165, 1.54) is 0 Å². The van der Waals surface area contributed by atoms with E-state index in [1.54, 1.807) is 0 Å². The Morgan fingerprint density at radius 3 is 3.40 bits per heavy atom. The summed E-state index contributed by atoms with van der Waals surface area (Å²) in [4.78, 5) is 0. The molecular formula is C10H16N2O2S. The quantitative estimate of drug-likeness (QED) is 0.558. The molecule has 5 heteroatoms. The van der Waals surface area contributed by atoms with Crippen LogP contribution in [-0.4, -0.2) is 25.4 Å². The maximum atomic E-state index is 5.90. The highest BCUT2D eigenvalue weighted by atomic mass is 32.2. The fraction of sp³-hybridized carbons (Fsp3) is 0.600. The highest BCUT2D eigenvalue weighted by Crippen LogP contribution is 2.25. The Morgan fingerprint density at radius 1 is 1.60 bits per heavy atom. The summed E-state index contributed by atoms with van der Waals surface area (Å²) in [7, 11) is 0. The number of nitrogens with two attached hydrogens (primary N) is 1. The first-order valence-corrected chi connectivity index (χ1v) is 6.01. The van der Waals surface area contributed by atoms with Gasteiger partial charge in [0.2, 0.25) is 0 Å². The smallest absolute Gasteiger partial charge is 0.125 e. The van der Waals surface area contributed by atoms with Gasteiger partial charge in [-0.25, -0.2) is 0 Å². The fourth-order valence-corrected chi connectivity index (χ4v) is 1.98. The summed E-state index contributed by atoms with van der Waals surface area (Å²) in [5.41, 5.74) is 0. The largest absolute Gasteiger partial charge is 0.492 e. The van der Waals surface area contributed by atoms with E-state index >= 15 is 0 Å². The van der Waals surface area contributed by atoms with Crippen LogP contribution in [-0.2, 0) is 9.47 Å². The van der Waals surface area contributed by atoms with E-state index in [9.17, 15) is 0 Å². The van der Waals surface area contributed by atoms with Gasteiger partial charge in [-0.3, -0.25) is 9.86 Å². The van der Waals surface area contributed by atoms with Crippen LogP contribution in [0.2, 0.25) is 0 Å². The Hall–Kier alpha value is -0.490. The number of rotatable bonds is 4. The number of hydrogen-bond donors (Lipinski definition) is 2. The van der Waals surface area contributed by atoms with Gasteiger partial charge in [0.05, 0.1) is 6.10 Å². The van der Waals surface area contributed by atoms with Crippen LogP contribution in [0.4, 0.5) is 0 Å². The minimum Gasteiger partial charge on any atom is -0.492 e. The average Bonchev–Trinajstić information content (AvgIpc) is 2.29. The summed E-state index contributed by atoms with van der Waals surface area (Å²) in [6, 6.07) is 0. The van der Waals surface area contributed by atoms with E-state index in [1.807, 2.05) is 12.2 Å². The summed E-state index contributed by atoms with van der Waals surface area (Å²) >= 11 is 1.14. The van der Waals surface area contributed by atoms with Gasteiger partial charge in [-0.05, 0) is 18.9 Å². The zero-order valence-electron chi connectivity index (χ0n) is 8.52. The second kappa shape index (κ2) is 5.55. The lowest BCUT2D eigenvalue weighted by Gasteiger charge is -2.33. The molecule has 1 aliphatic heterocycles. The summed E-state index contributed by atoms with van der Waals surface area (Å²) in [6.45, 7) is 1.49. The van der Waals surface area contributed by atoms with Gasteiger partial charge in [0.15, 0.2) is 0 Å². The molecule has 1 heterocycles. The number of ether oxygens (including phenoxy) is 2. The molecule has 2 unspecified atom stereocenters. The minimum atomic E-state index is 0.124. The van der Waals surface area contributed by atoms with E-state index in [-0.39, 0.29) is 12.2 Å². The van der Waals surface area contributed by atoms with Gasteiger partial charge >= 0.3 is 0 Å². The summed E-state index contributed by atoms with van der Waals surface area (Å²) in [5.74, 6) is 0.968. The molecule has 2 aliphatic rings. The zero-order valence-corrected chi connectivity index (χ0v) is 9.33. The first kappa shape index (κ1) is 11.0. The molecule has 0 saturated carbocycles. The first-order valence-electron chi connectivity index (χ1n) is 5.13. The van der Waals surface area contributed by atoms with Gasteiger partial charge in [0.25, 0.3) is 0 Å². The Balaban J connectivity index is 1.78. The fourth-order valence-electron chi connectivity index (χ4n) is 1.74. The molecule has 0 aromatic carbocycles. The molecule has 2 rings (SSSR count). The van der Waals surface area contributed by atoms with Crippen molar-refractivity contribution in [3.8, 4) is 0 Å². The molecule has 84 valence electrons. The highest BCUT2D eigenvalue weighted by Gasteiger charge is 2.27. The normalized spacial score (nSPS) is 29.3. The third-order valence-corrected chi connectivity index (χ3v) is 2.88. The van der Waals surface area contributed by atoms with Crippen LogP contribution in [0.15, 0.2) is 24.0 Å². The lowest BCUT2D eigenvalue weighted by Crippen LogP contribution is -2.36. The molecule has 0 radical (unpaired) electrons. The van der Waals surface area contributed by atoms with Crippen LogP contribution in [0.25, 0.3) is 0 Å². The number of allylic oxidation sites excluding steroid dienone is 2. The number of fused-ring (bicyclic) bond motifs is 1. The molecule has 3 N–H and O–H groups in total. The predicted molar refractivity (Wildman–Crippen MR) is 60.9 cm³/mol. The minimum absolute atomic E-state index is 0.124. The van der Waals surface area contributed by atoms with Crippen molar-refractivity contribution in [3.63, 3.8) is 0 Å². The SMILES string of the molecule is NSNCCC1COC2=CC=CCC2O1. The molecule has 15 heavy (non-hydrogen) atoms. The molecule has 0 bridgehead atoms. The van der Waals surface area contributed by atoms with Gasteiger partial charge in [0.1, 0.15) is 18.5 Å². The Morgan fingerprint density at radius 2 is 2.53 bits per heavy atom. The van der Waals surface area contributed by atoms with E-state index in [4.69, 9.17) is 14.6 Å². The van der Waals surface area contributed by atoms with Crippen molar-refractivity contribution >= 4 is 12.1 Å². The van der Waals surface area contributed by atoms with Gasteiger partial charge in [0, 0.05) is 18.7 Å². The molecule has 0 amide bonds. The molecule has 1 aliphatic carbocycles. The molecule has 0 aromatic rings. The summed E-state index contributed by atoms with van der Waals surface area (Å²) in [6.07, 6.45) is 8.26. The molecule has 2 atom stereocenters.